The minimum Gasteiger partial charge on any atom is -0.273 e. The van der Waals surface area contributed by atoms with Crippen LogP contribution < -0.4 is 0 Å². The van der Waals surface area contributed by atoms with Gasteiger partial charge in [-0.15, -0.1) is 0 Å². The zero-order valence-corrected chi connectivity index (χ0v) is 7.57. The average molecular weight is 173 g/mol. The average Bonchev–Trinajstić information content (AvgIpc) is 2.87. The first-order valence-corrected chi connectivity index (χ1v) is 4.63. The van der Waals surface area contributed by atoms with Gasteiger partial charge in [-0.3, -0.25) is 4.68 Å². The van der Waals surface area contributed by atoms with E-state index in [9.17, 15) is 0 Å². The Balaban J connectivity index is 2.20. The molecule has 13 heavy (non-hydrogen) atoms. The Kier molecular flexibility index (Phi) is 1.26. The summed E-state index contributed by atoms with van der Waals surface area (Å²) in [5.41, 5.74) is 2.10. The molecule has 0 N–H and O–H groups in total. The maximum atomic E-state index is 4.53. The van der Waals surface area contributed by atoms with Gasteiger partial charge in [0.1, 0.15) is 0 Å². The van der Waals surface area contributed by atoms with Gasteiger partial charge in [-0.1, -0.05) is 0 Å². The Hall–Kier alpha value is -1.38. The van der Waals surface area contributed by atoms with E-state index >= 15 is 0 Å². The molecule has 0 spiro atoms. The second-order valence-electron chi connectivity index (χ2n) is 3.73. The normalized spacial score (nSPS) is 16.7. The third-order valence-electron chi connectivity index (χ3n) is 2.50. The lowest BCUT2D eigenvalue weighted by molar-refractivity contribution is 0.774. The molecule has 0 unspecified atom stereocenters. The number of fused-ring (bicyclic) bond motifs is 1. The largest absolute Gasteiger partial charge is 0.273 e. The fourth-order valence-electron chi connectivity index (χ4n) is 1.64. The minimum atomic E-state index is 0.714. The Labute approximate surface area is 76.4 Å². The zero-order chi connectivity index (χ0) is 8.84. The molecule has 1 aliphatic rings. The second kappa shape index (κ2) is 2.31. The number of pyridine rings is 1. The van der Waals surface area contributed by atoms with E-state index in [-0.39, 0.29) is 0 Å². The van der Waals surface area contributed by atoms with Gasteiger partial charge in [0, 0.05) is 30.2 Å². The molecule has 2 heterocycles. The molecule has 0 bridgehead atoms. The minimum absolute atomic E-state index is 0.714. The molecule has 2 aromatic heterocycles. The van der Waals surface area contributed by atoms with Crippen molar-refractivity contribution in [1.82, 2.24) is 14.8 Å². The molecule has 0 radical (unpaired) electrons. The van der Waals surface area contributed by atoms with Crippen LogP contribution in [0.5, 0.6) is 0 Å². The molecule has 0 aliphatic heterocycles. The molecular formula is C10H11N3. The van der Waals surface area contributed by atoms with Crippen molar-refractivity contribution in [1.29, 1.82) is 0 Å². The molecule has 0 atom stereocenters. The zero-order valence-electron chi connectivity index (χ0n) is 7.57. The van der Waals surface area contributed by atoms with Crippen molar-refractivity contribution in [2.24, 2.45) is 7.05 Å². The van der Waals surface area contributed by atoms with Gasteiger partial charge in [-0.05, 0) is 25.0 Å². The number of hydrogen-bond donors (Lipinski definition) is 0. The molecular weight excluding hydrogens is 162 g/mol. The molecule has 0 aromatic carbocycles. The van der Waals surface area contributed by atoms with Crippen LogP contribution in [-0.4, -0.2) is 14.8 Å². The molecule has 1 fully saturated rings. The first-order valence-electron chi connectivity index (χ1n) is 4.63. The summed E-state index contributed by atoms with van der Waals surface area (Å²) in [4.78, 5) is 4.53. The van der Waals surface area contributed by atoms with Crippen LogP contribution in [-0.2, 0) is 7.05 Å². The molecule has 1 aliphatic carbocycles. The topological polar surface area (TPSA) is 30.7 Å². The summed E-state index contributed by atoms with van der Waals surface area (Å²) in [7, 11) is 1.93. The van der Waals surface area contributed by atoms with Crippen LogP contribution in [0.1, 0.15) is 24.5 Å². The van der Waals surface area contributed by atoms with Gasteiger partial charge >= 0.3 is 0 Å². The Bertz CT molecular complexity index is 454. The fourth-order valence-corrected chi connectivity index (χ4v) is 1.64. The SMILES string of the molecule is Cn1cc2ccc(C3CC3)nc2n1. The first-order chi connectivity index (χ1) is 6.33. The van der Waals surface area contributed by atoms with E-state index in [0.29, 0.717) is 5.92 Å². The summed E-state index contributed by atoms with van der Waals surface area (Å²) < 4.78 is 1.81. The molecule has 3 rings (SSSR count). The summed E-state index contributed by atoms with van der Waals surface area (Å²) in [6, 6.07) is 4.24. The Morgan fingerprint density at radius 1 is 1.38 bits per heavy atom. The first kappa shape index (κ1) is 7.06. The van der Waals surface area contributed by atoms with Gasteiger partial charge in [0.2, 0.25) is 0 Å². The summed E-state index contributed by atoms with van der Waals surface area (Å²) in [5, 5.41) is 5.42. The summed E-state index contributed by atoms with van der Waals surface area (Å²) >= 11 is 0. The van der Waals surface area contributed by atoms with Crippen molar-refractivity contribution in [3.8, 4) is 0 Å². The van der Waals surface area contributed by atoms with Crippen LogP contribution in [0.25, 0.3) is 11.0 Å². The summed E-state index contributed by atoms with van der Waals surface area (Å²) in [6.07, 6.45) is 4.59. The molecule has 1 saturated carbocycles. The maximum Gasteiger partial charge on any atom is 0.181 e. The second-order valence-corrected chi connectivity index (χ2v) is 3.73. The van der Waals surface area contributed by atoms with Crippen molar-refractivity contribution in [3.05, 3.63) is 24.0 Å². The van der Waals surface area contributed by atoms with E-state index < -0.39 is 0 Å². The van der Waals surface area contributed by atoms with E-state index in [4.69, 9.17) is 0 Å². The molecule has 3 nitrogen and oxygen atoms in total. The van der Waals surface area contributed by atoms with Gasteiger partial charge in [0.25, 0.3) is 0 Å². The highest BCUT2D eigenvalue weighted by Crippen LogP contribution is 2.39. The van der Waals surface area contributed by atoms with Crippen molar-refractivity contribution in [2.75, 3.05) is 0 Å². The number of aromatic nitrogens is 3. The van der Waals surface area contributed by atoms with Crippen LogP contribution in [0.3, 0.4) is 0 Å². The molecule has 0 saturated heterocycles. The van der Waals surface area contributed by atoms with E-state index in [2.05, 4.69) is 22.2 Å². The highest BCUT2D eigenvalue weighted by atomic mass is 15.3. The standard InChI is InChI=1S/C10H11N3/c1-13-6-8-4-5-9(7-2-3-7)11-10(8)12-13/h4-7H,2-3H2,1H3. The lowest BCUT2D eigenvalue weighted by Crippen LogP contribution is -1.88. The quantitative estimate of drug-likeness (QED) is 0.658. The summed E-state index contributed by atoms with van der Waals surface area (Å²) in [5.74, 6) is 0.714. The molecule has 0 amide bonds. The van der Waals surface area contributed by atoms with Gasteiger partial charge in [-0.25, -0.2) is 4.98 Å². The summed E-state index contributed by atoms with van der Waals surface area (Å²) in [6.45, 7) is 0. The van der Waals surface area contributed by atoms with Crippen LogP contribution in [0, 0.1) is 0 Å². The molecule has 66 valence electrons. The van der Waals surface area contributed by atoms with Crippen LogP contribution in [0.4, 0.5) is 0 Å². The number of nitrogens with zero attached hydrogens (tertiary/aromatic N) is 3. The Morgan fingerprint density at radius 2 is 2.23 bits per heavy atom. The van der Waals surface area contributed by atoms with E-state index in [1.807, 2.05) is 17.9 Å². The number of aryl methyl sites for hydroxylation is 1. The van der Waals surface area contributed by atoms with Gasteiger partial charge < -0.3 is 0 Å². The van der Waals surface area contributed by atoms with Crippen LogP contribution in [0.15, 0.2) is 18.3 Å². The van der Waals surface area contributed by atoms with Crippen molar-refractivity contribution < 1.29 is 0 Å². The highest BCUT2D eigenvalue weighted by Gasteiger charge is 2.25. The van der Waals surface area contributed by atoms with Crippen molar-refractivity contribution in [3.63, 3.8) is 0 Å². The van der Waals surface area contributed by atoms with Crippen molar-refractivity contribution in [2.45, 2.75) is 18.8 Å². The number of rotatable bonds is 1. The highest BCUT2D eigenvalue weighted by molar-refractivity contribution is 5.74. The molecule has 3 heteroatoms. The maximum absolute atomic E-state index is 4.53. The van der Waals surface area contributed by atoms with E-state index in [0.717, 1.165) is 11.0 Å². The number of hydrogen-bond acceptors (Lipinski definition) is 2. The van der Waals surface area contributed by atoms with E-state index in [1.54, 1.807) is 0 Å². The third kappa shape index (κ3) is 1.11. The predicted octanol–water partition coefficient (Wildman–Crippen LogP) is 1.85. The van der Waals surface area contributed by atoms with Crippen molar-refractivity contribution >= 4 is 11.0 Å². The van der Waals surface area contributed by atoms with E-state index in [1.165, 1.54) is 18.5 Å². The van der Waals surface area contributed by atoms with Crippen LogP contribution in [0.2, 0.25) is 0 Å². The third-order valence-corrected chi connectivity index (χ3v) is 2.50. The fraction of sp³-hybridized carbons (Fsp3) is 0.400. The van der Waals surface area contributed by atoms with Crippen LogP contribution >= 0.6 is 0 Å². The lowest BCUT2D eigenvalue weighted by Gasteiger charge is -1.94. The Morgan fingerprint density at radius 3 is 3.00 bits per heavy atom. The lowest BCUT2D eigenvalue weighted by atomic mass is 10.2. The monoisotopic (exact) mass is 173 g/mol. The molecule has 2 aromatic rings. The van der Waals surface area contributed by atoms with Gasteiger partial charge in [-0.2, -0.15) is 5.10 Å². The van der Waals surface area contributed by atoms with Gasteiger partial charge in [0.05, 0.1) is 0 Å². The van der Waals surface area contributed by atoms with Gasteiger partial charge in [0.15, 0.2) is 5.65 Å². The smallest absolute Gasteiger partial charge is 0.181 e. The predicted molar refractivity (Wildman–Crippen MR) is 50.5 cm³/mol.